The fraction of sp³-hybridized carbons (Fsp3) is 0.707. The van der Waals surface area contributed by atoms with E-state index in [-0.39, 0.29) is 56.3 Å². The van der Waals surface area contributed by atoms with E-state index in [9.17, 15) is 16.8 Å². The Morgan fingerprint density at radius 2 is 1.07 bits per heavy atom. The van der Waals surface area contributed by atoms with Crippen LogP contribution < -0.4 is 9.44 Å². The first-order valence-corrected chi connectivity index (χ1v) is 24.5. The highest BCUT2D eigenvalue weighted by Crippen LogP contribution is 2.49. The first-order valence-electron chi connectivity index (χ1n) is 19.6. The van der Waals surface area contributed by atoms with Crippen LogP contribution in [0.1, 0.15) is 117 Å². The van der Waals surface area contributed by atoms with Crippen molar-refractivity contribution in [2.24, 2.45) is 5.92 Å². The summed E-state index contributed by atoms with van der Waals surface area (Å²) in [6, 6.07) is 12.0. The number of fused-ring (bicyclic) bond motifs is 3. The summed E-state index contributed by atoms with van der Waals surface area (Å²) in [6.45, 7) is 18.2. The highest BCUT2D eigenvalue weighted by atomic mass is 79.9. The SMILES string of the molecule is COC(C)(C)CCOC(C)(C)CCNS(=O)(=O)CCCOC1c2cc(Br)ccc2-c2ccc(Br)cc2C1OCCCS(=O)(=O)NCCC(C)(C)OCCC(C)C. The van der Waals surface area contributed by atoms with Crippen molar-refractivity contribution in [1.82, 2.24) is 9.44 Å². The average molecular weight is 955 g/mol. The summed E-state index contributed by atoms with van der Waals surface area (Å²) in [6.07, 6.45) is 2.17. The summed E-state index contributed by atoms with van der Waals surface area (Å²) in [5.74, 6) is 0.349. The van der Waals surface area contributed by atoms with Crippen LogP contribution in [-0.2, 0) is 43.7 Å². The van der Waals surface area contributed by atoms with Crippen LogP contribution >= 0.6 is 31.9 Å². The fourth-order valence-corrected chi connectivity index (χ4v) is 9.05. The van der Waals surface area contributed by atoms with Gasteiger partial charge >= 0.3 is 0 Å². The Morgan fingerprint density at radius 3 is 1.48 bits per heavy atom. The topological polar surface area (TPSA) is 138 Å². The standard InChI is InChI=1S/C41H66Br2N2O9S2/c1-30(2)16-24-53-40(5,6)17-20-44-55(46,47)26-10-22-51-37-35-28-31(42)12-14-33(35)34-15-13-32(43)29-36(34)38(37)52-23-11-27-56(48,49)45-21-18-41(7,8)54-25-19-39(3,4)50-9/h12-15,28-30,37-38,44-45H,10-11,16-27H2,1-9H3. The molecule has 0 aromatic heterocycles. The maximum absolute atomic E-state index is 13.0. The number of hydrogen-bond acceptors (Lipinski definition) is 9. The molecule has 0 heterocycles. The molecule has 15 heteroatoms. The summed E-state index contributed by atoms with van der Waals surface area (Å²) in [5, 5.41) is 0. The molecule has 0 spiro atoms. The second-order valence-corrected chi connectivity index (χ2v) is 22.5. The molecule has 2 unspecified atom stereocenters. The highest BCUT2D eigenvalue weighted by Gasteiger charge is 2.36. The molecule has 0 saturated carbocycles. The van der Waals surface area contributed by atoms with Gasteiger partial charge in [0.2, 0.25) is 20.0 Å². The minimum absolute atomic E-state index is 0.0898. The van der Waals surface area contributed by atoms with Crippen LogP contribution in [0.4, 0.5) is 0 Å². The molecular formula is C41H66Br2N2O9S2. The van der Waals surface area contributed by atoms with E-state index in [2.05, 4.69) is 55.2 Å². The Kier molecular flexibility index (Phi) is 19.4. The normalized spacial score (nSPS) is 16.6. The number of benzene rings is 2. The molecule has 0 amide bonds. The number of methoxy groups -OCH3 is 1. The van der Waals surface area contributed by atoms with E-state index in [1.807, 2.05) is 77.9 Å². The van der Waals surface area contributed by atoms with Crippen LogP contribution in [0.25, 0.3) is 11.1 Å². The van der Waals surface area contributed by atoms with Crippen molar-refractivity contribution in [3.05, 3.63) is 56.5 Å². The molecule has 0 radical (unpaired) electrons. The number of rotatable bonds is 27. The minimum Gasteiger partial charge on any atom is -0.379 e. The predicted molar refractivity (Wildman–Crippen MR) is 232 cm³/mol. The zero-order valence-corrected chi connectivity index (χ0v) is 39.6. The van der Waals surface area contributed by atoms with E-state index in [0.717, 1.165) is 44.0 Å². The predicted octanol–water partition coefficient (Wildman–Crippen LogP) is 8.86. The molecule has 0 saturated heterocycles. The Morgan fingerprint density at radius 1 is 0.643 bits per heavy atom. The minimum atomic E-state index is -3.56. The number of hydrogen-bond donors (Lipinski definition) is 2. The highest BCUT2D eigenvalue weighted by molar-refractivity contribution is 9.10. The van der Waals surface area contributed by atoms with Crippen LogP contribution in [0.15, 0.2) is 45.3 Å². The maximum Gasteiger partial charge on any atom is 0.211 e. The first kappa shape index (κ1) is 49.4. The van der Waals surface area contributed by atoms with Gasteiger partial charge in [-0.3, -0.25) is 0 Å². The molecule has 1 aliphatic rings. The molecule has 2 N–H and O–H groups in total. The molecule has 320 valence electrons. The maximum atomic E-state index is 13.0. The lowest BCUT2D eigenvalue weighted by Gasteiger charge is -2.35. The Balaban J connectivity index is 1.60. The van der Waals surface area contributed by atoms with E-state index in [4.69, 9.17) is 23.7 Å². The Hall–Kier alpha value is -0.980. The smallest absolute Gasteiger partial charge is 0.211 e. The second-order valence-electron chi connectivity index (χ2n) is 16.8. The molecule has 2 aromatic rings. The zero-order valence-electron chi connectivity index (χ0n) is 34.8. The molecule has 2 aromatic carbocycles. The largest absolute Gasteiger partial charge is 0.379 e. The molecule has 11 nitrogen and oxygen atoms in total. The molecule has 2 atom stereocenters. The van der Waals surface area contributed by atoms with E-state index >= 15 is 0 Å². The molecule has 0 aliphatic heterocycles. The number of ether oxygens (including phenoxy) is 5. The van der Waals surface area contributed by atoms with Crippen LogP contribution in [0.3, 0.4) is 0 Å². The monoisotopic (exact) mass is 952 g/mol. The third kappa shape index (κ3) is 17.3. The summed E-state index contributed by atoms with van der Waals surface area (Å²) < 4.78 is 89.5. The average Bonchev–Trinajstić information content (AvgIpc) is 3.08. The molecule has 0 bridgehead atoms. The van der Waals surface area contributed by atoms with Crippen molar-refractivity contribution >= 4 is 51.9 Å². The molecule has 56 heavy (non-hydrogen) atoms. The Labute approximate surface area is 354 Å². The third-order valence-corrected chi connectivity index (χ3v) is 13.9. The van der Waals surface area contributed by atoms with E-state index in [1.54, 1.807) is 7.11 Å². The first-order chi connectivity index (χ1) is 26.0. The van der Waals surface area contributed by atoms with Crippen molar-refractivity contribution in [1.29, 1.82) is 0 Å². The summed E-state index contributed by atoms with van der Waals surface area (Å²) >= 11 is 7.22. The lowest BCUT2D eigenvalue weighted by Crippen LogP contribution is -2.35. The van der Waals surface area contributed by atoms with Crippen molar-refractivity contribution in [3.8, 4) is 11.1 Å². The van der Waals surface area contributed by atoms with Gasteiger partial charge < -0.3 is 23.7 Å². The number of nitrogens with one attached hydrogen (secondary N) is 2. The van der Waals surface area contributed by atoms with E-state index in [1.165, 1.54) is 0 Å². The van der Waals surface area contributed by atoms with Gasteiger partial charge in [-0.05, 0) is 133 Å². The van der Waals surface area contributed by atoms with Crippen molar-refractivity contribution in [2.45, 2.75) is 123 Å². The third-order valence-electron chi connectivity index (χ3n) is 9.95. The van der Waals surface area contributed by atoms with Gasteiger partial charge in [-0.15, -0.1) is 0 Å². The van der Waals surface area contributed by atoms with Crippen LogP contribution in [0.5, 0.6) is 0 Å². The zero-order chi connectivity index (χ0) is 41.8. The molecule has 0 fully saturated rings. The lowest BCUT2D eigenvalue weighted by atomic mass is 9.82. The van der Waals surface area contributed by atoms with Crippen LogP contribution in [0, 0.1) is 5.92 Å². The van der Waals surface area contributed by atoms with Gasteiger partial charge in [0, 0.05) is 49.0 Å². The second kappa shape index (κ2) is 22.0. The van der Waals surface area contributed by atoms with Crippen molar-refractivity contribution in [3.63, 3.8) is 0 Å². The van der Waals surface area contributed by atoms with Gasteiger partial charge in [-0.25, -0.2) is 26.3 Å². The molecule has 3 rings (SSSR count). The van der Waals surface area contributed by atoms with Gasteiger partial charge in [0.1, 0.15) is 12.2 Å². The molecular weight excluding hydrogens is 888 g/mol. The summed E-state index contributed by atoms with van der Waals surface area (Å²) in [5.41, 5.74) is 2.58. The number of sulfonamides is 2. The van der Waals surface area contributed by atoms with Crippen LogP contribution in [0.2, 0.25) is 0 Å². The Bertz CT molecular complexity index is 1750. The van der Waals surface area contributed by atoms with Crippen molar-refractivity contribution in [2.75, 3.05) is 58.1 Å². The van der Waals surface area contributed by atoms with Gasteiger partial charge in [0.15, 0.2) is 0 Å². The lowest BCUT2D eigenvalue weighted by molar-refractivity contribution is -0.0789. The van der Waals surface area contributed by atoms with Crippen molar-refractivity contribution < 1.29 is 40.5 Å². The number of halogens is 2. The fourth-order valence-electron chi connectivity index (χ4n) is 6.18. The van der Waals surface area contributed by atoms with Gasteiger partial charge in [-0.2, -0.15) is 0 Å². The molecule has 1 aliphatic carbocycles. The van der Waals surface area contributed by atoms with E-state index in [0.29, 0.717) is 32.0 Å². The van der Waals surface area contributed by atoms with Gasteiger partial charge in [0.05, 0.1) is 34.9 Å². The van der Waals surface area contributed by atoms with E-state index < -0.39 is 43.5 Å². The quantitative estimate of drug-likeness (QED) is 0.0842. The van der Waals surface area contributed by atoms with Crippen LogP contribution in [-0.4, -0.2) is 91.8 Å². The summed E-state index contributed by atoms with van der Waals surface area (Å²) in [4.78, 5) is 0. The summed E-state index contributed by atoms with van der Waals surface area (Å²) in [7, 11) is -5.43. The van der Waals surface area contributed by atoms with Gasteiger partial charge in [0.25, 0.3) is 0 Å². The van der Waals surface area contributed by atoms with Gasteiger partial charge in [-0.1, -0.05) is 57.8 Å².